The zero-order chi connectivity index (χ0) is 19.3. The van der Waals surface area contributed by atoms with Gasteiger partial charge < -0.3 is 10.3 Å². The third kappa shape index (κ3) is 2.73. The summed E-state index contributed by atoms with van der Waals surface area (Å²) in [5.74, 6) is -3.74. The van der Waals surface area contributed by atoms with Crippen molar-refractivity contribution in [3.05, 3.63) is 82.7 Å². The zero-order valence-electron chi connectivity index (χ0n) is 14.4. The second-order valence-corrected chi connectivity index (χ2v) is 6.53. The molecule has 0 aliphatic heterocycles. The molecule has 0 aliphatic rings. The Balaban J connectivity index is 2.05. The van der Waals surface area contributed by atoms with Gasteiger partial charge in [0.15, 0.2) is 11.6 Å². The van der Waals surface area contributed by atoms with Gasteiger partial charge in [-0.2, -0.15) is 0 Å². The molecule has 3 nitrogen and oxygen atoms in total. The number of aromatic nitrogens is 1. The summed E-state index contributed by atoms with van der Waals surface area (Å²) in [6.07, 6.45) is 0. The summed E-state index contributed by atoms with van der Waals surface area (Å²) in [4.78, 5) is 11.9. The van der Waals surface area contributed by atoms with E-state index in [0.717, 1.165) is 22.5 Å². The number of hydrogen-bond acceptors (Lipinski definition) is 1. The first-order chi connectivity index (χ1) is 12.9. The van der Waals surface area contributed by atoms with E-state index in [2.05, 4.69) is 0 Å². The average molecular weight is 368 g/mol. The topological polar surface area (TPSA) is 48.0 Å². The molecule has 0 spiro atoms. The number of hydrogen-bond donors (Lipinski definition) is 1. The highest BCUT2D eigenvalue weighted by molar-refractivity contribution is 6.17. The largest absolute Gasteiger partial charge is 0.366 e. The van der Waals surface area contributed by atoms with Gasteiger partial charge in [0.25, 0.3) is 0 Å². The molecule has 136 valence electrons. The lowest BCUT2D eigenvalue weighted by Gasteiger charge is -2.10. The fraction of sp³-hybridized carbons (Fsp3) is 0.0952. The van der Waals surface area contributed by atoms with Crippen molar-refractivity contribution in [3.63, 3.8) is 0 Å². The van der Waals surface area contributed by atoms with Crippen molar-refractivity contribution < 1.29 is 18.0 Å². The van der Waals surface area contributed by atoms with Gasteiger partial charge in [-0.1, -0.05) is 18.2 Å². The van der Waals surface area contributed by atoms with E-state index < -0.39 is 23.4 Å². The zero-order valence-corrected chi connectivity index (χ0v) is 14.4. The van der Waals surface area contributed by atoms with E-state index >= 15 is 0 Å². The van der Waals surface area contributed by atoms with Gasteiger partial charge in [-0.05, 0) is 36.8 Å². The highest BCUT2D eigenvalue weighted by atomic mass is 19.2. The Hall–Kier alpha value is -3.28. The standard InChI is InChI=1S/C21H15F3N2O/c1-11-5-6-13-19(7-11)26(10-12-8-16(23)17(24)9-15(12)22)18-4-2-3-14(20(13)18)21(25)27/h2-9H,10H2,1H3,(H2,25,27). The summed E-state index contributed by atoms with van der Waals surface area (Å²) in [6.45, 7) is 1.89. The predicted molar refractivity (Wildman–Crippen MR) is 98.1 cm³/mol. The molecule has 0 aliphatic carbocycles. The first kappa shape index (κ1) is 17.1. The minimum atomic E-state index is -1.23. The molecule has 0 saturated carbocycles. The van der Waals surface area contributed by atoms with E-state index in [4.69, 9.17) is 5.73 Å². The molecule has 1 heterocycles. The summed E-state index contributed by atoms with van der Waals surface area (Å²) >= 11 is 0. The van der Waals surface area contributed by atoms with Crippen molar-refractivity contribution in [1.82, 2.24) is 4.57 Å². The van der Waals surface area contributed by atoms with Crippen molar-refractivity contribution >= 4 is 27.7 Å². The predicted octanol–water partition coefficient (Wildman–Crippen LogP) is 4.67. The van der Waals surface area contributed by atoms with Crippen LogP contribution in [0.5, 0.6) is 0 Å². The maximum atomic E-state index is 14.2. The lowest BCUT2D eigenvalue weighted by molar-refractivity contribution is 0.100. The monoisotopic (exact) mass is 368 g/mol. The Labute approximate surface area is 152 Å². The first-order valence-corrected chi connectivity index (χ1v) is 8.31. The SMILES string of the molecule is Cc1ccc2c3c(C(N)=O)cccc3n(Cc3cc(F)c(F)cc3F)c2c1. The van der Waals surface area contributed by atoms with Gasteiger partial charge in [-0.15, -0.1) is 0 Å². The Morgan fingerprint density at radius 2 is 1.70 bits per heavy atom. The maximum absolute atomic E-state index is 14.2. The third-order valence-corrected chi connectivity index (χ3v) is 4.73. The molecule has 3 aromatic carbocycles. The molecule has 0 radical (unpaired) electrons. The molecule has 0 unspecified atom stereocenters. The molecular formula is C21H15F3N2O. The van der Waals surface area contributed by atoms with Crippen molar-refractivity contribution in [2.75, 3.05) is 0 Å². The van der Waals surface area contributed by atoms with Gasteiger partial charge in [0.2, 0.25) is 5.91 Å². The molecular weight excluding hydrogens is 353 g/mol. The minimum absolute atomic E-state index is 0.0127. The number of nitrogens with zero attached hydrogens (tertiary/aromatic N) is 1. The first-order valence-electron chi connectivity index (χ1n) is 8.31. The van der Waals surface area contributed by atoms with E-state index in [9.17, 15) is 18.0 Å². The molecule has 0 atom stereocenters. The van der Waals surface area contributed by atoms with Crippen LogP contribution >= 0.6 is 0 Å². The van der Waals surface area contributed by atoms with Crippen LogP contribution in [0.4, 0.5) is 13.2 Å². The molecule has 6 heteroatoms. The van der Waals surface area contributed by atoms with E-state index in [-0.39, 0.29) is 12.1 Å². The van der Waals surface area contributed by atoms with Crippen molar-refractivity contribution in [2.24, 2.45) is 5.73 Å². The summed E-state index contributed by atoms with van der Waals surface area (Å²) in [6, 6.07) is 12.2. The number of benzene rings is 3. The Kier molecular flexibility index (Phi) is 3.91. The van der Waals surface area contributed by atoms with Gasteiger partial charge in [0, 0.05) is 33.5 Å². The number of carbonyl (C=O) groups is 1. The van der Waals surface area contributed by atoms with E-state index in [1.165, 1.54) is 0 Å². The normalized spacial score (nSPS) is 11.4. The van der Waals surface area contributed by atoms with Crippen LogP contribution in [-0.4, -0.2) is 10.5 Å². The molecule has 2 N–H and O–H groups in total. The highest BCUT2D eigenvalue weighted by Crippen LogP contribution is 2.33. The van der Waals surface area contributed by atoms with Gasteiger partial charge in [-0.25, -0.2) is 13.2 Å². The quantitative estimate of drug-likeness (QED) is 0.525. The number of fused-ring (bicyclic) bond motifs is 3. The van der Waals surface area contributed by atoms with Crippen molar-refractivity contribution in [1.29, 1.82) is 0 Å². The van der Waals surface area contributed by atoms with Crippen molar-refractivity contribution in [3.8, 4) is 0 Å². The Bertz CT molecular complexity index is 1230. The molecule has 0 saturated heterocycles. The highest BCUT2D eigenvalue weighted by Gasteiger charge is 2.18. The Morgan fingerprint density at radius 1 is 0.963 bits per heavy atom. The maximum Gasteiger partial charge on any atom is 0.249 e. The van der Waals surface area contributed by atoms with Gasteiger partial charge in [0.05, 0.1) is 12.1 Å². The van der Waals surface area contributed by atoms with Gasteiger partial charge in [0.1, 0.15) is 5.82 Å². The summed E-state index contributed by atoms with van der Waals surface area (Å²) in [7, 11) is 0. The number of rotatable bonds is 3. The second-order valence-electron chi connectivity index (χ2n) is 6.53. The summed E-state index contributed by atoms with van der Waals surface area (Å²) in [5.41, 5.74) is 8.28. The van der Waals surface area contributed by atoms with Crippen LogP contribution in [0.2, 0.25) is 0 Å². The van der Waals surface area contributed by atoms with E-state index in [0.29, 0.717) is 22.5 Å². The molecule has 1 aromatic heterocycles. The number of aryl methyl sites for hydroxylation is 1. The molecule has 4 rings (SSSR count). The fourth-order valence-electron chi connectivity index (χ4n) is 3.49. The van der Waals surface area contributed by atoms with E-state index in [1.807, 2.05) is 25.1 Å². The lowest BCUT2D eigenvalue weighted by atomic mass is 10.1. The number of halogens is 3. The second kappa shape index (κ2) is 6.16. The van der Waals surface area contributed by atoms with Crippen LogP contribution in [0.25, 0.3) is 21.8 Å². The number of nitrogens with two attached hydrogens (primary N) is 1. The number of amides is 1. The molecule has 0 bridgehead atoms. The van der Waals surface area contributed by atoms with Crippen molar-refractivity contribution in [2.45, 2.75) is 13.5 Å². The van der Waals surface area contributed by atoms with Crippen LogP contribution in [0.15, 0.2) is 48.5 Å². The third-order valence-electron chi connectivity index (χ3n) is 4.73. The van der Waals surface area contributed by atoms with Gasteiger partial charge in [-0.3, -0.25) is 4.79 Å². The Morgan fingerprint density at radius 3 is 2.44 bits per heavy atom. The smallest absolute Gasteiger partial charge is 0.249 e. The summed E-state index contributed by atoms with van der Waals surface area (Å²) in [5, 5.41) is 1.44. The number of carbonyl (C=O) groups excluding carboxylic acids is 1. The number of primary amides is 1. The van der Waals surface area contributed by atoms with Crippen LogP contribution < -0.4 is 5.73 Å². The van der Waals surface area contributed by atoms with Crippen LogP contribution in [-0.2, 0) is 6.54 Å². The molecule has 0 fully saturated rings. The molecule has 27 heavy (non-hydrogen) atoms. The lowest BCUT2D eigenvalue weighted by Crippen LogP contribution is -2.11. The van der Waals surface area contributed by atoms with Crippen LogP contribution in [0.1, 0.15) is 21.5 Å². The average Bonchev–Trinajstić information content (AvgIpc) is 2.92. The van der Waals surface area contributed by atoms with Gasteiger partial charge >= 0.3 is 0 Å². The molecule has 4 aromatic rings. The van der Waals surface area contributed by atoms with E-state index in [1.54, 1.807) is 22.8 Å². The van der Waals surface area contributed by atoms with Crippen LogP contribution in [0.3, 0.4) is 0 Å². The minimum Gasteiger partial charge on any atom is -0.366 e. The fourth-order valence-corrected chi connectivity index (χ4v) is 3.49. The molecule has 1 amide bonds. The van der Waals surface area contributed by atoms with Crippen LogP contribution in [0, 0.1) is 24.4 Å². The summed E-state index contributed by atoms with van der Waals surface area (Å²) < 4.78 is 42.9.